The van der Waals surface area contributed by atoms with Crippen LogP contribution in [0.1, 0.15) is 18.1 Å². The van der Waals surface area contributed by atoms with Crippen LogP contribution in [-0.4, -0.2) is 11.7 Å². The predicted molar refractivity (Wildman–Crippen MR) is 66.7 cm³/mol. The highest BCUT2D eigenvalue weighted by atomic mass is 79.9. The standard InChI is InChI=1S/C13H11BrO2/c14-12-9-4-2-1-3-8(9)7-10-11(15)5-6-16-13(10)12/h1-4,7,11,15H,5-6H2/t11-/m0/s1. The summed E-state index contributed by atoms with van der Waals surface area (Å²) in [6.45, 7) is 0.575. The Labute approximate surface area is 102 Å². The zero-order chi connectivity index (χ0) is 11.1. The van der Waals surface area contributed by atoms with Gasteiger partial charge in [-0.2, -0.15) is 0 Å². The fourth-order valence-electron chi connectivity index (χ4n) is 2.13. The zero-order valence-corrected chi connectivity index (χ0v) is 10.2. The van der Waals surface area contributed by atoms with Crippen molar-refractivity contribution in [3.05, 3.63) is 40.4 Å². The largest absolute Gasteiger partial charge is 0.492 e. The summed E-state index contributed by atoms with van der Waals surface area (Å²) in [6, 6.07) is 10.1. The van der Waals surface area contributed by atoms with E-state index in [9.17, 15) is 5.11 Å². The average Bonchev–Trinajstić information content (AvgIpc) is 2.31. The van der Waals surface area contributed by atoms with E-state index in [1.165, 1.54) is 0 Å². The number of ether oxygens (including phenoxy) is 1. The van der Waals surface area contributed by atoms with E-state index in [4.69, 9.17) is 4.74 Å². The van der Waals surface area contributed by atoms with Crippen molar-refractivity contribution >= 4 is 26.7 Å². The highest BCUT2D eigenvalue weighted by Crippen LogP contribution is 2.42. The van der Waals surface area contributed by atoms with Crippen molar-refractivity contribution in [2.24, 2.45) is 0 Å². The van der Waals surface area contributed by atoms with Gasteiger partial charge in [0.05, 0.1) is 17.2 Å². The summed E-state index contributed by atoms with van der Waals surface area (Å²) in [5.74, 6) is 0.789. The van der Waals surface area contributed by atoms with E-state index in [0.717, 1.165) is 26.6 Å². The molecule has 0 aromatic heterocycles. The molecule has 82 valence electrons. The molecule has 1 N–H and O–H groups in total. The van der Waals surface area contributed by atoms with Crippen LogP contribution in [0, 0.1) is 0 Å². The smallest absolute Gasteiger partial charge is 0.139 e. The van der Waals surface area contributed by atoms with Gasteiger partial charge < -0.3 is 9.84 Å². The number of aliphatic hydroxyl groups is 1. The van der Waals surface area contributed by atoms with E-state index in [1.54, 1.807) is 0 Å². The second kappa shape index (κ2) is 3.75. The minimum absolute atomic E-state index is 0.412. The molecule has 0 radical (unpaired) electrons. The average molecular weight is 279 g/mol. The highest BCUT2D eigenvalue weighted by molar-refractivity contribution is 9.10. The lowest BCUT2D eigenvalue weighted by atomic mass is 9.99. The molecule has 1 aliphatic rings. The Bertz CT molecular complexity index is 551. The molecule has 0 saturated carbocycles. The summed E-state index contributed by atoms with van der Waals surface area (Å²) >= 11 is 3.56. The lowest BCUT2D eigenvalue weighted by Crippen LogP contribution is -2.14. The summed E-state index contributed by atoms with van der Waals surface area (Å²) in [6.07, 6.45) is 0.252. The number of hydrogen-bond donors (Lipinski definition) is 1. The minimum atomic E-state index is -0.412. The van der Waals surface area contributed by atoms with Gasteiger partial charge in [0.1, 0.15) is 5.75 Å². The zero-order valence-electron chi connectivity index (χ0n) is 8.61. The van der Waals surface area contributed by atoms with Crippen molar-refractivity contribution in [3.63, 3.8) is 0 Å². The van der Waals surface area contributed by atoms with Gasteiger partial charge in [0.15, 0.2) is 0 Å². The first-order valence-corrected chi connectivity index (χ1v) is 6.08. The summed E-state index contributed by atoms with van der Waals surface area (Å²) in [5.41, 5.74) is 0.886. The van der Waals surface area contributed by atoms with Gasteiger partial charge >= 0.3 is 0 Å². The van der Waals surface area contributed by atoms with Crippen LogP contribution in [0.25, 0.3) is 10.8 Å². The van der Waals surface area contributed by atoms with Crippen molar-refractivity contribution in [1.82, 2.24) is 0 Å². The maximum atomic E-state index is 9.94. The molecule has 0 spiro atoms. The van der Waals surface area contributed by atoms with E-state index >= 15 is 0 Å². The van der Waals surface area contributed by atoms with Gasteiger partial charge in [-0.05, 0) is 32.8 Å². The van der Waals surface area contributed by atoms with Crippen LogP contribution >= 0.6 is 15.9 Å². The Morgan fingerprint density at radius 3 is 3.00 bits per heavy atom. The molecule has 0 amide bonds. The topological polar surface area (TPSA) is 29.5 Å². The Kier molecular flexibility index (Phi) is 2.37. The minimum Gasteiger partial charge on any atom is -0.492 e. The predicted octanol–water partition coefficient (Wildman–Crippen LogP) is 3.42. The second-order valence-electron chi connectivity index (χ2n) is 3.98. The van der Waals surface area contributed by atoms with Crippen LogP contribution < -0.4 is 4.74 Å². The Balaban J connectivity index is 2.36. The van der Waals surface area contributed by atoms with E-state index in [2.05, 4.69) is 15.9 Å². The molecule has 0 bridgehead atoms. The number of halogens is 1. The van der Waals surface area contributed by atoms with E-state index in [1.807, 2.05) is 30.3 Å². The Morgan fingerprint density at radius 2 is 2.12 bits per heavy atom. The van der Waals surface area contributed by atoms with Crippen LogP contribution in [0.15, 0.2) is 34.8 Å². The van der Waals surface area contributed by atoms with Gasteiger partial charge in [-0.1, -0.05) is 24.3 Å². The maximum absolute atomic E-state index is 9.94. The summed E-state index contributed by atoms with van der Waals surface area (Å²) < 4.78 is 6.57. The van der Waals surface area contributed by atoms with E-state index in [-0.39, 0.29) is 0 Å². The fourth-order valence-corrected chi connectivity index (χ4v) is 2.83. The summed E-state index contributed by atoms with van der Waals surface area (Å²) in [4.78, 5) is 0. The molecular weight excluding hydrogens is 268 g/mol. The van der Waals surface area contributed by atoms with Crippen molar-refractivity contribution in [3.8, 4) is 5.75 Å². The summed E-state index contributed by atoms with van der Waals surface area (Å²) in [7, 11) is 0. The van der Waals surface area contributed by atoms with Gasteiger partial charge in [-0.3, -0.25) is 0 Å². The molecule has 0 fully saturated rings. The third-order valence-electron chi connectivity index (χ3n) is 2.97. The monoisotopic (exact) mass is 278 g/mol. The molecule has 16 heavy (non-hydrogen) atoms. The van der Waals surface area contributed by atoms with Crippen LogP contribution in [-0.2, 0) is 0 Å². The first-order valence-electron chi connectivity index (χ1n) is 5.29. The lowest BCUT2D eigenvalue weighted by molar-refractivity contribution is 0.115. The molecular formula is C13H11BrO2. The molecule has 3 heteroatoms. The van der Waals surface area contributed by atoms with Crippen molar-refractivity contribution < 1.29 is 9.84 Å². The fraction of sp³-hybridized carbons (Fsp3) is 0.231. The lowest BCUT2D eigenvalue weighted by Gasteiger charge is -2.24. The number of benzene rings is 2. The maximum Gasteiger partial charge on any atom is 0.139 e. The Hall–Kier alpha value is -1.06. The van der Waals surface area contributed by atoms with Gasteiger partial charge in [0.25, 0.3) is 0 Å². The van der Waals surface area contributed by atoms with Gasteiger partial charge in [0, 0.05) is 12.0 Å². The van der Waals surface area contributed by atoms with Crippen LogP contribution in [0.4, 0.5) is 0 Å². The van der Waals surface area contributed by atoms with E-state index in [0.29, 0.717) is 13.0 Å². The van der Waals surface area contributed by atoms with Crippen molar-refractivity contribution in [2.45, 2.75) is 12.5 Å². The normalized spacial score (nSPS) is 19.2. The molecule has 1 heterocycles. The molecule has 0 aliphatic carbocycles. The van der Waals surface area contributed by atoms with Crippen molar-refractivity contribution in [1.29, 1.82) is 0 Å². The number of fused-ring (bicyclic) bond motifs is 2. The summed E-state index contributed by atoms with van der Waals surface area (Å²) in [5, 5.41) is 12.2. The van der Waals surface area contributed by atoms with Gasteiger partial charge in [0.2, 0.25) is 0 Å². The second-order valence-corrected chi connectivity index (χ2v) is 4.78. The molecule has 2 nitrogen and oxygen atoms in total. The van der Waals surface area contributed by atoms with Crippen LogP contribution in [0.2, 0.25) is 0 Å². The van der Waals surface area contributed by atoms with Crippen LogP contribution in [0.3, 0.4) is 0 Å². The highest BCUT2D eigenvalue weighted by Gasteiger charge is 2.22. The quantitative estimate of drug-likeness (QED) is 0.800. The van der Waals surface area contributed by atoms with Crippen LogP contribution in [0.5, 0.6) is 5.75 Å². The molecule has 1 atom stereocenters. The Morgan fingerprint density at radius 1 is 1.31 bits per heavy atom. The molecule has 0 unspecified atom stereocenters. The first-order chi connectivity index (χ1) is 7.77. The first kappa shape index (κ1) is 10.1. The number of hydrogen-bond acceptors (Lipinski definition) is 2. The number of aliphatic hydroxyl groups excluding tert-OH is 1. The third-order valence-corrected chi connectivity index (χ3v) is 3.75. The molecule has 2 aromatic carbocycles. The molecule has 3 rings (SSSR count). The van der Waals surface area contributed by atoms with Crippen molar-refractivity contribution in [2.75, 3.05) is 6.61 Å². The van der Waals surface area contributed by atoms with Gasteiger partial charge in [-0.15, -0.1) is 0 Å². The van der Waals surface area contributed by atoms with Gasteiger partial charge in [-0.25, -0.2) is 0 Å². The van der Waals surface area contributed by atoms with E-state index < -0.39 is 6.10 Å². The molecule has 0 saturated heterocycles. The third kappa shape index (κ3) is 1.43. The number of rotatable bonds is 0. The SMILES string of the molecule is O[C@H]1CCOc2c1cc1ccccc1c2Br. The molecule has 1 aliphatic heterocycles. The molecule has 2 aromatic rings.